The van der Waals surface area contributed by atoms with Crippen molar-refractivity contribution in [2.45, 2.75) is 6.54 Å². The van der Waals surface area contributed by atoms with Crippen molar-refractivity contribution >= 4 is 11.8 Å². The van der Waals surface area contributed by atoms with Gasteiger partial charge in [0.1, 0.15) is 5.75 Å². The summed E-state index contributed by atoms with van der Waals surface area (Å²) in [6.45, 7) is 5.37. The van der Waals surface area contributed by atoms with Gasteiger partial charge in [0.15, 0.2) is 0 Å². The third-order valence-corrected chi connectivity index (χ3v) is 4.16. The second-order valence-corrected chi connectivity index (χ2v) is 6.10. The minimum Gasteiger partial charge on any atom is -0.410 e. The Morgan fingerprint density at radius 1 is 1.00 bits per heavy atom. The van der Waals surface area contributed by atoms with Gasteiger partial charge in [0, 0.05) is 38.4 Å². The zero-order chi connectivity index (χ0) is 16.8. The topological polar surface area (TPSA) is 44.8 Å². The lowest BCUT2D eigenvalue weighted by molar-refractivity contribution is 0.148. The number of nitrogens with one attached hydrogen (secondary N) is 1. The molecule has 1 heterocycles. The molecule has 2 aromatic rings. The second kappa shape index (κ2) is 7.95. The molecule has 5 nitrogen and oxygen atoms in total. The smallest absolute Gasteiger partial charge is 0.410 e. The number of hydrogen-bond acceptors (Lipinski definition) is 4. The summed E-state index contributed by atoms with van der Waals surface area (Å²) < 4.78 is 5.22. The molecule has 1 aliphatic heterocycles. The lowest BCUT2D eigenvalue weighted by Gasteiger charge is -2.32. The Hall–Kier alpha value is -2.37. The van der Waals surface area contributed by atoms with Crippen LogP contribution in [-0.2, 0) is 6.54 Å². The number of para-hydroxylation sites is 1. The van der Waals surface area contributed by atoms with Crippen LogP contribution in [0.25, 0.3) is 0 Å². The van der Waals surface area contributed by atoms with Gasteiger partial charge < -0.3 is 9.64 Å². The number of piperazine rings is 1. The van der Waals surface area contributed by atoms with E-state index in [1.807, 2.05) is 30.3 Å². The summed E-state index contributed by atoms with van der Waals surface area (Å²) in [6, 6.07) is 17.0. The monoisotopic (exact) mass is 325 g/mol. The molecular weight excluding hydrogens is 302 g/mol. The fourth-order valence-electron chi connectivity index (χ4n) is 2.70. The van der Waals surface area contributed by atoms with Crippen molar-refractivity contribution in [1.82, 2.24) is 9.80 Å². The quantitative estimate of drug-likeness (QED) is 0.938. The second-order valence-electron chi connectivity index (χ2n) is 6.10. The van der Waals surface area contributed by atoms with Crippen LogP contribution >= 0.6 is 0 Å². The Bertz CT molecular complexity index is 650. The van der Waals surface area contributed by atoms with Crippen molar-refractivity contribution in [3.05, 3.63) is 60.2 Å². The maximum Gasteiger partial charge on any atom is 0.417 e. The molecule has 3 rings (SSSR count). The van der Waals surface area contributed by atoms with E-state index < -0.39 is 6.09 Å². The summed E-state index contributed by atoms with van der Waals surface area (Å²) >= 11 is 0. The Balaban J connectivity index is 1.50. The maximum absolute atomic E-state index is 11.9. The Morgan fingerprint density at radius 3 is 2.33 bits per heavy atom. The molecule has 2 aromatic carbocycles. The van der Waals surface area contributed by atoms with Crippen LogP contribution < -0.4 is 10.1 Å². The zero-order valence-electron chi connectivity index (χ0n) is 13.9. The summed E-state index contributed by atoms with van der Waals surface area (Å²) in [5.74, 6) is 0.529. The molecule has 1 fully saturated rings. The number of carbonyl (C=O) groups is 1. The molecule has 1 saturated heterocycles. The van der Waals surface area contributed by atoms with Gasteiger partial charge in [-0.15, -0.1) is 0 Å². The molecule has 0 atom stereocenters. The van der Waals surface area contributed by atoms with Crippen molar-refractivity contribution in [2.75, 3.05) is 38.5 Å². The van der Waals surface area contributed by atoms with Gasteiger partial charge in [-0.3, -0.25) is 10.2 Å². The number of likely N-dealkylation sites (N-methyl/N-ethyl adjacent to an activating group) is 1. The molecule has 1 aliphatic rings. The van der Waals surface area contributed by atoms with E-state index in [1.165, 1.54) is 5.56 Å². The molecule has 0 spiro atoms. The Kier molecular flexibility index (Phi) is 5.46. The third-order valence-electron chi connectivity index (χ3n) is 4.16. The highest BCUT2D eigenvalue weighted by Gasteiger charge is 2.13. The van der Waals surface area contributed by atoms with Gasteiger partial charge in [-0.05, 0) is 36.9 Å². The number of ether oxygens (including phenoxy) is 1. The molecule has 0 radical (unpaired) electrons. The summed E-state index contributed by atoms with van der Waals surface area (Å²) in [5.41, 5.74) is 1.99. The first kappa shape index (κ1) is 16.5. The Labute approximate surface area is 142 Å². The van der Waals surface area contributed by atoms with Gasteiger partial charge in [-0.25, -0.2) is 4.79 Å². The highest BCUT2D eigenvalue weighted by atomic mass is 16.6. The molecule has 1 amide bonds. The average molecular weight is 325 g/mol. The van der Waals surface area contributed by atoms with Crippen molar-refractivity contribution in [3.8, 4) is 5.75 Å². The van der Waals surface area contributed by atoms with Crippen LogP contribution in [0.5, 0.6) is 5.75 Å². The van der Waals surface area contributed by atoms with E-state index in [2.05, 4.69) is 34.3 Å². The first-order valence-electron chi connectivity index (χ1n) is 8.23. The van der Waals surface area contributed by atoms with Gasteiger partial charge in [0.05, 0.1) is 0 Å². The van der Waals surface area contributed by atoms with Crippen molar-refractivity contribution in [3.63, 3.8) is 0 Å². The number of amides is 1. The molecule has 0 saturated carbocycles. The number of nitrogens with zero attached hydrogens (tertiary/aromatic N) is 2. The van der Waals surface area contributed by atoms with E-state index in [9.17, 15) is 4.79 Å². The normalized spacial score (nSPS) is 15.9. The summed E-state index contributed by atoms with van der Waals surface area (Å²) in [6.07, 6.45) is -0.479. The molecule has 0 bridgehead atoms. The summed E-state index contributed by atoms with van der Waals surface area (Å²) in [7, 11) is 2.16. The minimum atomic E-state index is -0.479. The minimum absolute atomic E-state index is 0.479. The standard InChI is InChI=1S/C19H23N3O2/c1-21-11-13-22(14-12-21)15-16-7-9-17(10-8-16)20-19(23)24-18-5-3-2-4-6-18/h2-10H,11-15H2,1H3,(H,20,23). The number of carbonyl (C=O) groups excluding carboxylic acids is 1. The summed E-state index contributed by atoms with van der Waals surface area (Å²) in [5, 5.41) is 2.75. The van der Waals surface area contributed by atoms with E-state index in [-0.39, 0.29) is 0 Å². The third kappa shape index (κ3) is 4.81. The first-order chi connectivity index (χ1) is 11.7. The van der Waals surface area contributed by atoms with Crippen molar-refractivity contribution in [2.24, 2.45) is 0 Å². The van der Waals surface area contributed by atoms with Crippen LogP contribution in [0.3, 0.4) is 0 Å². The van der Waals surface area contributed by atoms with E-state index >= 15 is 0 Å². The predicted octanol–water partition coefficient (Wildman–Crippen LogP) is 3.04. The highest BCUT2D eigenvalue weighted by molar-refractivity contribution is 5.86. The first-order valence-corrected chi connectivity index (χ1v) is 8.23. The zero-order valence-corrected chi connectivity index (χ0v) is 13.9. The number of rotatable bonds is 4. The van der Waals surface area contributed by atoms with Crippen LogP contribution in [0.15, 0.2) is 54.6 Å². The number of benzene rings is 2. The van der Waals surface area contributed by atoms with Crippen molar-refractivity contribution in [1.29, 1.82) is 0 Å². The predicted molar refractivity (Wildman–Crippen MR) is 95.3 cm³/mol. The van der Waals surface area contributed by atoms with E-state index in [0.717, 1.165) is 38.4 Å². The lowest BCUT2D eigenvalue weighted by atomic mass is 10.2. The molecule has 1 N–H and O–H groups in total. The fraction of sp³-hybridized carbons (Fsp3) is 0.316. The average Bonchev–Trinajstić information content (AvgIpc) is 2.59. The van der Waals surface area contributed by atoms with Crippen LogP contribution in [0, 0.1) is 0 Å². The van der Waals surface area contributed by atoms with Crippen LogP contribution in [0.4, 0.5) is 10.5 Å². The number of hydrogen-bond donors (Lipinski definition) is 1. The van der Waals surface area contributed by atoms with Crippen LogP contribution in [0.1, 0.15) is 5.56 Å². The highest BCUT2D eigenvalue weighted by Crippen LogP contribution is 2.14. The summed E-state index contributed by atoms with van der Waals surface area (Å²) in [4.78, 5) is 16.7. The van der Waals surface area contributed by atoms with Gasteiger partial charge >= 0.3 is 6.09 Å². The molecular formula is C19H23N3O2. The molecule has 0 aromatic heterocycles. The Morgan fingerprint density at radius 2 is 1.67 bits per heavy atom. The van der Waals surface area contributed by atoms with Gasteiger partial charge in [-0.1, -0.05) is 30.3 Å². The molecule has 0 aliphatic carbocycles. The maximum atomic E-state index is 11.9. The van der Waals surface area contributed by atoms with E-state index in [4.69, 9.17) is 4.74 Å². The van der Waals surface area contributed by atoms with Gasteiger partial charge in [-0.2, -0.15) is 0 Å². The molecule has 5 heteroatoms. The largest absolute Gasteiger partial charge is 0.417 e. The number of anilines is 1. The SMILES string of the molecule is CN1CCN(Cc2ccc(NC(=O)Oc3ccccc3)cc2)CC1. The van der Waals surface area contributed by atoms with Crippen LogP contribution in [-0.4, -0.2) is 49.1 Å². The van der Waals surface area contributed by atoms with Crippen molar-refractivity contribution < 1.29 is 9.53 Å². The van der Waals surface area contributed by atoms with E-state index in [0.29, 0.717) is 5.75 Å². The lowest BCUT2D eigenvalue weighted by Crippen LogP contribution is -2.43. The molecule has 24 heavy (non-hydrogen) atoms. The van der Waals surface area contributed by atoms with Gasteiger partial charge in [0.25, 0.3) is 0 Å². The molecule has 0 unspecified atom stereocenters. The van der Waals surface area contributed by atoms with Crippen LogP contribution in [0.2, 0.25) is 0 Å². The van der Waals surface area contributed by atoms with Gasteiger partial charge in [0.2, 0.25) is 0 Å². The molecule has 126 valence electrons. The van der Waals surface area contributed by atoms with E-state index in [1.54, 1.807) is 12.1 Å². The fourth-order valence-corrected chi connectivity index (χ4v) is 2.70.